The van der Waals surface area contributed by atoms with E-state index in [4.69, 9.17) is 16.0 Å². The van der Waals surface area contributed by atoms with E-state index in [-0.39, 0.29) is 5.88 Å². The van der Waals surface area contributed by atoms with Gasteiger partial charge in [0.15, 0.2) is 0 Å². The van der Waals surface area contributed by atoms with Crippen LogP contribution in [0.4, 0.5) is 6.01 Å². The fourth-order valence-electron chi connectivity index (χ4n) is 0.530. The Balaban J connectivity index is 2.59. The van der Waals surface area contributed by atoms with Crippen LogP contribution in [-0.2, 0) is 5.88 Å². The molecule has 5 heteroatoms. The molecule has 0 aliphatic carbocycles. The van der Waals surface area contributed by atoms with Crippen LogP contribution in [0.3, 0.4) is 0 Å². The quantitative estimate of drug-likeness (QED) is 0.678. The molecule has 1 rings (SSSR count). The number of nitrogens with one attached hydrogen (secondary N) is 1. The smallest absolute Gasteiger partial charge is 0.315 e. The van der Waals surface area contributed by atoms with Crippen LogP contribution in [0, 0.1) is 0 Å². The maximum atomic E-state index is 5.42. The van der Waals surface area contributed by atoms with Gasteiger partial charge in [0, 0.05) is 6.54 Å². The van der Waals surface area contributed by atoms with Crippen molar-refractivity contribution in [3.8, 4) is 0 Å². The Morgan fingerprint density at radius 3 is 2.90 bits per heavy atom. The molecule has 10 heavy (non-hydrogen) atoms. The zero-order valence-electron chi connectivity index (χ0n) is 5.59. The molecule has 0 spiro atoms. The van der Waals surface area contributed by atoms with Crippen LogP contribution >= 0.6 is 11.6 Å². The first-order chi connectivity index (χ1) is 4.86. The van der Waals surface area contributed by atoms with Gasteiger partial charge in [-0.05, 0) is 6.92 Å². The standard InChI is InChI=1S/C5H8ClN3O/c1-2-7-5-9-8-4(3-6)10-5/h2-3H2,1H3,(H,7,9). The second-order valence-electron chi connectivity index (χ2n) is 1.66. The van der Waals surface area contributed by atoms with Gasteiger partial charge in [-0.2, -0.15) is 0 Å². The van der Waals surface area contributed by atoms with Gasteiger partial charge in [0.1, 0.15) is 5.88 Å². The highest BCUT2D eigenvalue weighted by Crippen LogP contribution is 2.06. The summed E-state index contributed by atoms with van der Waals surface area (Å²) in [6.07, 6.45) is 0. The number of rotatable bonds is 3. The first-order valence-corrected chi connectivity index (χ1v) is 3.52. The monoisotopic (exact) mass is 161 g/mol. The Labute approximate surface area is 63.6 Å². The molecule has 0 bridgehead atoms. The zero-order valence-corrected chi connectivity index (χ0v) is 6.35. The molecule has 0 radical (unpaired) electrons. The first kappa shape index (κ1) is 7.34. The van der Waals surface area contributed by atoms with Crippen LogP contribution in [0.5, 0.6) is 0 Å². The van der Waals surface area contributed by atoms with E-state index in [1.807, 2.05) is 6.92 Å². The van der Waals surface area contributed by atoms with Gasteiger partial charge < -0.3 is 9.73 Å². The average Bonchev–Trinajstić information content (AvgIpc) is 2.37. The largest absolute Gasteiger partial charge is 0.407 e. The molecule has 56 valence electrons. The highest BCUT2D eigenvalue weighted by atomic mass is 35.5. The number of hydrogen-bond acceptors (Lipinski definition) is 4. The number of aromatic nitrogens is 2. The van der Waals surface area contributed by atoms with E-state index < -0.39 is 0 Å². The normalized spacial score (nSPS) is 9.80. The SMILES string of the molecule is CCNc1nnc(CCl)o1. The summed E-state index contributed by atoms with van der Waals surface area (Å²) in [5.41, 5.74) is 0. The van der Waals surface area contributed by atoms with Crippen molar-refractivity contribution < 1.29 is 4.42 Å². The second kappa shape index (κ2) is 3.41. The van der Waals surface area contributed by atoms with E-state index in [2.05, 4.69) is 15.5 Å². The number of alkyl halides is 1. The molecule has 4 nitrogen and oxygen atoms in total. The molecule has 1 N–H and O–H groups in total. The molecule has 0 unspecified atom stereocenters. The molecular weight excluding hydrogens is 154 g/mol. The lowest BCUT2D eigenvalue weighted by molar-refractivity contribution is 0.526. The van der Waals surface area contributed by atoms with Gasteiger partial charge in [-0.15, -0.1) is 16.7 Å². The van der Waals surface area contributed by atoms with Gasteiger partial charge in [-0.1, -0.05) is 5.10 Å². The predicted octanol–water partition coefficient (Wildman–Crippen LogP) is 1.24. The van der Waals surface area contributed by atoms with Crippen LogP contribution in [0.1, 0.15) is 12.8 Å². The molecule has 0 aliphatic rings. The molecule has 0 amide bonds. The summed E-state index contributed by atoms with van der Waals surface area (Å²) in [5.74, 6) is 0.705. The lowest BCUT2D eigenvalue weighted by Crippen LogP contribution is -1.95. The van der Waals surface area contributed by atoms with Crippen molar-refractivity contribution in [3.63, 3.8) is 0 Å². The topological polar surface area (TPSA) is 51.0 Å². The minimum atomic E-state index is 0.262. The van der Waals surface area contributed by atoms with E-state index in [1.165, 1.54) is 0 Å². The fourth-order valence-corrected chi connectivity index (χ4v) is 0.638. The molecular formula is C5H8ClN3O. The van der Waals surface area contributed by atoms with Crippen molar-refractivity contribution in [2.24, 2.45) is 0 Å². The van der Waals surface area contributed by atoms with E-state index >= 15 is 0 Å². The Bertz CT molecular complexity index is 201. The summed E-state index contributed by atoms with van der Waals surface area (Å²) in [6.45, 7) is 2.72. The fraction of sp³-hybridized carbons (Fsp3) is 0.600. The van der Waals surface area contributed by atoms with Crippen LogP contribution in [0.25, 0.3) is 0 Å². The lowest BCUT2D eigenvalue weighted by Gasteiger charge is -1.90. The number of anilines is 1. The molecule has 0 aliphatic heterocycles. The van der Waals surface area contributed by atoms with Gasteiger partial charge in [0.05, 0.1) is 0 Å². The summed E-state index contributed by atoms with van der Waals surface area (Å²) in [6, 6.07) is 0.429. The highest BCUT2D eigenvalue weighted by Gasteiger charge is 2.00. The highest BCUT2D eigenvalue weighted by molar-refractivity contribution is 6.16. The van der Waals surface area contributed by atoms with Crippen molar-refractivity contribution in [3.05, 3.63) is 5.89 Å². The summed E-state index contributed by atoms with van der Waals surface area (Å²) >= 11 is 5.42. The van der Waals surface area contributed by atoms with Gasteiger partial charge in [-0.25, -0.2) is 0 Å². The van der Waals surface area contributed by atoms with Crippen LogP contribution < -0.4 is 5.32 Å². The van der Waals surface area contributed by atoms with Gasteiger partial charge in [0.25, 0.3) is 0 Å². The van der Waals surface area contributed by atoms with Gasteiger partial charge in [0.2, 0.25) is 5.89 Å². The molecule has 1 heterocycles. The van der Waals surface area contributed by atoms with E-state index in [0.29, 0.717) is 11.9 Å². The van der Waals surface area contributed by atoms with Crippen molar-refractivity contribution in [1.82, 2.24) is 10.2 Å². The molecule has 0 saturated heterocycles. The molecule has 0 fully saturated rings. The maximum Gasteiger partial charge on any atom is 0.315 e. The van der Waals surface area contributed by atoms with E-state index in [9.17, 15) is 0 Å². The Hall–Kier alpha value is -0.770. The minimum absolute atomic E-state index is 0.262. The summed E-state index contributed by atoms with van der Waals surface area (Å²) in [5, 5.41) is 10.2. The third kappa shape index (κ3) is 1.60. The summed E-state index contributed by atoms with van der Waals surface area (Å²) in [4.78, 5) is 0. The lowest BCUT2D eigenvalue weighted by atomic mass is 10.7. The second-order valence-corrected chi connectivity index (χ2v) is 1.93. The third-order valence-electron chi connectivity index (χ3n) is 0.909. The molecule has 0 aromatic carbocycles. The van der Waals surface area contributed by atoms with Gasteiger partial charge in [-0.3, -0.25) is 0 Å². The Kier molecular flexibility index (Phi) is 2.50. The maximum absolute atomic E-state index is 5.42. The van der Waals surface area contributed by atoms with Crippen molar-refractivity contribution in [2.75, 3.05) is 11.9 Å². The van der Waals surface area contributed by atoms with Gasteiger partial charge >= 0.3 is 6.01 Å². The Morgan fingerprint density at radius 2 is 2.40 bits per heavy atom. The Morgan fingerprint density at radius 1 is 1.60 bits per heavy atom. The van der Waals surface area contributed by atoms with Crippen LogP contribution in [0.15, 0.2) is 4.42 Å². The van der Waals surface area contributed by atoms with Crippen molar-refractivity contribution in [2.45, 2.75) is 12.8 Å². The van der Waals surface area contributed by atoms with Crippen LogP contribution in [0.2, 0.25) is 0 Å². The molecule has 0 atom stereocenters. The summed E-state index contributed by atoms with van der Waals surface area (Å²) < 4.78 is 5.01. The van der Waals surface area contributed by atoms with Crippen molar-refractivity contribution in [1.29, 1.82) is 0 Å². The van der Waals surface area contributed by atoms with E-state index in [0.717, 1.165) is 6.54 Å². The van der Waals surface area contributed by atoms with E-state index in [1.54, 1.807) is 0 Å². The van der Waals surface area contributed by atoms with Crippen LogP contribution in [-0.4, -0.2) is 16.7 Å². The zero-order chi connectivity index (χ0) is 7.40. The number of hydrogen-bond donors (Lipinski definition) is 1. The number of nitrogens with zero attached hydrogens (tertiary/aromatic N) is 2. The molecule has 1 aromatic heterocycles. The number of halogens is 1. The predicted molar refractivity (Wildman–Crippen MR) is 38.0 cm³/mol. The third-order valence-corrected chi connectivity index (χ3v) is 1.14. The average molecular weight is 162 g/mol. The minimum Gasteiger partial charge on any atom is -0.407 e. The first-order valence-electron chi connectivity index (χ1n) is 2.99. The summed E-state index contributed by atoms with van der Waals surface area (Å²) in [7, 11) is 0. The molecule has 1 aromatic rings. The van der Waals surface area contributed by atoms with Crippen molar-refractivity contribution >= 4 is 17.6 Å². The molecule has 0 saturated carbocycles.